The third-order valence-electron chi connectivity index (χ3n) is 2.01. The van der Waals surface area contributed by atoms with Crippen molar-refractivity contribution in [3.8, 4) is 17.2 Å². The first-order chi connectivity index (χ1) is 6.85. The summed E-state index contributed by atoms with van der Waals surface area (Å²) in [6.07, 6.45) is 0. The number of benzene rings is 1. The van der Waals surface area contributed by atoms with Crippen molar-refractivity contribution < 1.29 is 19.0 Å². The minimum atomic E-state index is 0.241. The molecule has 0 saturated carbocycles. The molecule has 76 valence electrons. The van der Waals surface area contributed by atoms with E-state index >= 15 is 0 Å². The van der Waals surface area contributed by atoms with Gasteiger partial charge in [-0.1, -0.05) is 0 Å². The van der Waals surface area contributed by atoms with Crippen molar-refractivity contribution in [1.82, 2.24) is 0 Å². The predicted molar refractivity (Wildman–Crippen MR) is 48.1 cm³/mol. The Kier molecular flexibility index (Phi) is 2.43. The van der Waals surface area contributed by atoms with Gasteiger partial charge >= 0.3 is 0 Å². The van der Waals surface area contributed by atoms with Crippen LogP contribution in [0.5, 0.6) is 17.2 Å². The smallest absolute Gasteiger partial charge is 0.231 e. The fourth-order valence-electron chi connectivity index (χ4n) is 1.36. The van der Waals surface area contributed by atoms with E-state index in [9.17, 15) is 0 Å². The van der Waals surface area contributed by atoms with Crippen molar-refractivity contribution in [2.24, 2.45) is 5.90 Å². The second-order valence-electron chi connectivity index (χ2n) is 2.83. The van der Waals surface area contributed by atoms with Gasteiger partial charge in [0.05, 0.1) is 13.7 Å². The van der Waals surface area contributed by atoms with E-state index in [0.717, 1.165) is 5.56 Å². The Hall–Kier alpha value is -1.46. The molecule has 14 heavy (non-hydrogen) atoms. The number of rotatable bonds is 3. The highest BCUT2D eigenvalue weighted by Crippen LogP contribution is 2.38. The predicted octanol–water partition coefficient (Wildman–Crippen LogP) is 0.814. The Labute approximate surface area is 81.3 Å². The summed E-state index contributed by atoms with van der Waals surface area (Å²) in [5.74, 6) is 7.06. The number of fused-ring (bicyclic) bond motifs is 1. The molecular weight excluding hydrogens is 186 g/mol. The number of hydrogen-bond donors (Lipinski definition) is 1. The Bertz CT molecular complexity index is 340. The summed E-state index contributed by atoms with van der Waals surface area (Å²) in [6.45, 7) is 0.519. The van der Waals surface area contributed by atoms with Gasteiger partial charge in [0.15, 0.2) is 11.5 Å². The Morgan fingerprint density at radius 2 is 2.07 bits per heavy atom. The lowest BCUT2D eigenvalue weighted by atomic mass is 10.2. The quantitative estimate of drug-likeness (QED) is 0.726. The van der Waals surface area contributed by atoms with Crippen LogP contribution in [-0.2, 0) is 11.4 Å². The fourth-order valence-corrected chi connectivity index (χ4v) is 1.36. The molecule has 2 N–H and O–H groups in total. The second kappa shape index (κ2) is 3.73. The zero-order valence-electron chi connectivity index (χ0n) is 7.78. The lowest BCUT2D eigenvalue weighted by Crippen LogP contribution is -2.01. The molecule has 0 atom stereocenters. The first-order valence-electron chi connectivity index (χ1n) is 4.13. The van der Waals surface area contributed by atoms with Gasteiger partial charge in [-0.2, -0.15) is 0 Å². The molecule has 0 fully saturated rings. The molecule has 0 unspecified atom stereocenters. The molecule has 0 saturated heterocycles. The largest absolute Gasteiger partial charge is 0.496 e. The van der Waals surface area contributed by atoms with E-state index in [1.54, 1.807) is 19.2 Å². The molecule has 1 aromatic carbocycles. The lowest BCUT2D eigenvalue weighted by molar-refractivity contribution is 0.122. The van der Waals surface area contributed by atoms with Crippen molar-refractivity contribution in [2.45, 2.75) is 6.61 Å². The van der Waals surface area contributed by atoms with Crippen LogP contribution in [0, 0.1) is 0 Å². The van der Waals surface area contributed by atoms with Crippen LogP contribution in [0.25, 0.3) is 0 Å². The minimum Gasteiger partial charge on any atom is -0.496 e. The number of methoxy groups -OCH3 is 1. The molecule has 0 aromatic heterocycles. The van der Waals surface area contributed by atoms with Crippen LogP contribution in [0.15, 0.2) is 12.1 Å². The molecule has 5 nitrogen and oxygen atoms in total. The van der Waals surface area contributed by atoms with Gasteiger partial charge in [0.2, 0.25) is 6.79 Å². The van der Waals surface area contributed by atoms with E-state index in [-0.39, 0.29) is 13.4 Å². The first kappa shape index (κ1) is 9.11. The highest BCUT2D eigenvalue weighted by atomic mass is 16.7. The standard InChI is InChI=1S/C9H11NO4/c1-11-7-3-9-8(12-5-13-9)2-6(7)4-14-10/h2-3H,4-5,10H2,1H3. The topological polar surface area (TPSA) is 62.9 Å². The molecule has 0 aliphatic carbocycles. The van der Waals surface area contributed by atoms with E-state index in [2.05, 4.69) is 4.84 Å². The Morgan fingerprint density at radius 3 is 2.71 bits per heavy atom. The molecule has 2 rings (SSSR count). The maximum atomic E-state index is 5.21. The molecule has 1 aliphatic heterocycles. The summed E-state index contributed by atoms with van der Waals surface area (Å²) in [4.78, 5) is 4.55. The summed E-state index contributed by atoms with van der Waals surface area (Å²) < 4.78 is 15.6. The van der Waals surface area contributed by atoms with Crippen molar-refractivity contribution in [1.29, 1.82) is 0 Å². The van der Waals surface area contributed by atoms with Crippen molar-refractivity contribution in [2.75, 3.05) is 13.9 Å². The first-order valence-corrected chi connectivity index (χ1v) is 4.13. The van der Waals surface area contributed by atoms with Crippen LogP contribution < -0.4 is 20.1 Å². The number of nitrogens with two attached hydrogens (primary N) is 1. The molecular formula is C9H11NO4. The molecule has 0 spiro atoms. The molecule has 0 amide bonds. The monoisotopic (exact) mass is 197 g/mol. The van der Waals surface area contributed by atoms with Crippen LogP contribution in [0.3, 0.4) is 0 Å². The summed E-state index contributed by atoms with van der Waals surface area (Å²) >= 11 is 0. The van der Waals surface area contributed by atoms with Crippen LogP contribution in [0.2, 0.25) is 0 Å². The van der Waals surface area contributed by atoms with Gasteiger partial charge in [0.1, 0.15) is 5.75 Å². The van der Waals surface area contributed by atoms with E-state index in [1.807, 2.05) is 0 Å². The average Bonchev–Trinajstić information content (AvgIpc) is 2.64. The van der Waals surface area contributed by atoms with Crippen molar-refractivity contribution in [3.05, 3.63) is 17.7 Å². The van der Waals surface area contributed by atoms with Crippen LogP contribution in [-0.4, -0.2) is 13.9 Å². The third kappa shape index (κ3) is 1.47. The highest BCUT2D eigenvalue weighted by molar-refractivity contribution is 5.51. The van der Waals surface area contributed by atoms with Gasteiger partial charge in [0, 0.05) is 11.6 Å². The van der Waals surface area contributed by atoms with Gasteiger partial charge in [-0.3, -0.25) is 4.84 Å². The maximum Gasteiger partial charge on any atom is 0.231 e. The van der Waals surface area contributed by atoms with Gasteiger partial charge in [-0.15, -0.1) is 0 Å². The maximum absolute atomic E-state index is 5.21. The zero-order valence-corrected chi connectivity index (χ0v) is 7.78. The molecule has 1 heterocycles. The Balaban J connectivity index is 2.38. The van der Waals surface area contributed by atoms with E-state index in [1.165, 1.54) is 0 Å². The van der Waals surface area contributed by atoms with Gasteiger partial charge in [-0.25, -0.2) is 5.90 Å². The molecule has 1 aliphatic rings. The summed E-state index contributed by atoms with van der Waals surface area (Å²) in [5, 5.41) is 0. The number of ether oxygens (including phenoxy) is 3. The molecule has 5 heteroatoms. The molecule has 0 radical (unpaired) electrons. The van der Waals surface area contributed by atoms with Crippen molar-refractivity contribution in [3.63, 3.8) is 0 Å². The van der Waals surface area contributed by atoms with Gasteiger partial charge < -0.3 is 14.2 Å². The van der Waals surface area contributed by atoms with E-state index in [0.29, 0.717) is 17.2 Å². The van der Waals surface area contributed by atoms with Gasteiger partial charge in [-0.05, 0) is 6.07 Å². The summed E-state index contributed by atoms with van der Waals surface area (Å²) in [6, 6.07) is 3.56. The van der Waals surface area contributed by atoms with Crippen LogP contribution in [0.4, 0.5) is 0 Å². The highest BCUT2D eigenvalue weighted by Gasteiger charge is 2.17. The summed E-state index contributed by atoms with van der Waals surface area (Å²) in [5.41, 5.74) is 0.833. The van der Waals surface area contributed by atoms with Crippen LogP contribution >= 0.6 is 0 Å². The number of hydrogen-bond acceptors (Lipinski definition) is 5. The van der Waals surface area contributed by atoms with Gasteiger partial charge in [0.25, 0.3) is 0 Å². The van der Waals surface area contributed by atoms with E-state index in [4.69, 9.17) is 20.1 Å². The lowest BCUT2D eigenvalue weighted by Gasteiger charge is -2.08. The second-order valence-corrected chi connectivity index (χ2v) is 2.83. The summed E-state index contributed by atoms with van der Waals surface area (Å²) in [7, 11) is 1.58. The van der Waals surface area contributed by atoms with E-state index < -0.39 is 0 Å². The SMILES string of the molecule is COc1cc2c(cc1CON)OCO2. The Morgan fingerprint density at radius 1 is 1.36 bits per heavy atom. The fraction of sp³-hybridized carbons (Fsp3) is 0.333. The normalized spacial score (nSPS) is 13.0. The minimum absolute atomic E-state index is 0.241. The molecule has 1 aromatic rings. The third-order valence-corrected chi connectivity index (χ3v) is 2.01. The van der Waals surface area contributed by atoms with Crippen molar-refractivity contribution >= 4 is 0 Å². The molecule has 0 bridgehead atoms. The zero-order chi connectivity index (χ0) is 9.97. The average molecular weight is 197 g/mol. The van der Waals surface area contributed by atoms with Crippen LogP contribution in [0.1, 0.15) is 5.56 Å².